The predicted molar refractivity (Wildman–Crippen MR) is 41.4 cm³/mol. The van der Waals surface area contributed by atoms with Crippen LogP contribution in [0.4, 0.5) is 11.4 Å². The number of nitro groups is 2. The van der Waals surface area contributed by atoms with Crippen molar-refractivity contribution in [1.29, 1.82) is 0 Å². The number of phenols is 1. The van der Waals surface area contributed by atoms with Crippen LogP contribution in [0.25, 0.3) is 0 Å². The minimum atomic E-state index is -1.37. The standard InChI is InChI=1S/C6H4N2O5/c9-6-4(7(10)11)2-1-3-5(6)8(12)13/h1-3,9H/i1D,2D,3D. The van der Waals surface area contributed by atoms with Gasteiger partial charge in [-0.3, -0.25) is 20.2 Å². The minimum Gasteiger partial charge on any atom is -0.497 e. The van der Waals surface area contributed by atoms with E-state index in [9.17, 15) is 25.3 Å². The van der Waals surface area contributed by atoms with Gasteiger partial charge < -0.3 is 5.11 Å². The van der Waals surface area contributed by atoms with Crippen LogP contribution >= 0.6 is 0 Å². The Morgan fingerprint density at radius 1 is 1.23 bits per heavy atom. The summed E-state index contributed by atoms with van der Waals surface area (Å²) >= 11 is 0. The summed E-state index contributed by atoms with van der Waals surface area (Å²) in [5, 5.41) is 30.1. The highest BCUT2D eigenvalue weighted by molar-refractivity contribution is 5.58. The first kappa shape index (κ1) is 5.46. The van der Waals surface area contributed by atoms with Crippen molar-refractivity contribution in [3.8, 4) is 5.75 Å². The zero-order valence-corrected chi connectivity index (χ0v) is 5.97. The highest BCUT2D eigenvalue weighted by atomic mass is 16.6. The molecule has 0 saturated heterocycles. The first-order valence-electron chi connectivity index (χ1n) is 4.40. The van der Waals surface area contributed by atoms with Crippen LogP contribution in [-0.2, 0) is 0 Å². The Kier molecular flexibility index (Phi) is 1.28. The number of para-hydroxylation sites is 1. The number of hydrogen-bond acceptors (Lipinski definition) is 5. The van der Waals surface area contributed by atoms with Crippen molar-refractivity contribution in [2.45, 2.75) is 0 Å². The van der Waals surface area contributed by atoms with Crippen molar-refractivity contribution in [2.75, 3.05) is 0 Å². The Balaban J connectivity index is 3.80. The van der Waals surface area contributed by atoms with Crippen LogP contribution in [0.15, 0.2) is 18.1 Å². The van der Waals surface area contributed by atoms with Gasteiger partial charge >= 0.3 is 11.4 Å². The number of rotatable bonds is 2. The number of aromatic hydroxyl groups is 1. The lowest BCUT2D eigenvalue weighted by Crippen LogP contribution is -1.93. The number of benzene rings is 1. The Hall–Kier alpha value is -2.18. The molecular weight excluding hydrogens is 180 g/mol. The second-order valence-corrected chi connectivity index (χ2v) is 1.94. The zero-order chi connectivity index (χ0) is 12.6. The minimum absolute atomic E-state index is 0.976. The van der Waals surface area contributed by atoms with Crippen LogP contribution in [-0.4, -0.2) is 15.0 Å². The quantitative estimate of drug-likeness (QED) is 0.553. The lowest BCUT2D eigenvalue weighted by molar-refractivity contribution is -0.396. The zero-order valence-electron chi connectivity index (χ0n) is 8.97. The van der Waals surface area contributed by atoms with E-state index < -0.39 is 45.1 Å². The molecule has 68 valence electrons. The topological polar surface area (TPSA) is 107 Å². The van der Waals surface area contributed by atoms with Gasteiger partial charge in [0, 0.05) is 12.1 Å². The summed E-state index contributed by atoms with van der Waals surface area (Å²) < 4.78 is 21.3. The molecule has 13 heavy (non-hydrogen) atoms. The third-order valence-corrected chi connectivity index (χ3v) is 1.18. The highest BCUT2D eigenvalue weighted by Crippen LogP contribution is 2.34. The van der Waals surface area contributed by atoms with E-state index in [1.807, 2.05) is 0 Å². The molecule has 0 heterocycles. The fourth-order valence-corrected chi connectivity index (χ4v) is 0.644. The van der Waals surface area contributed by atoms with Crippen molar-refractivity contribution < 1.29 is 19.1 Å². The Morgan fingerprint density at radius 3 is 1.92 bits per heavy atom. The van der Waals surface area contributed by atoms with Crippen molar-refractivity contribution in [3.05, 3.63) is 38.4 Å². The van der Waals surface area contributed by atoms with Gasteiger partial charge in [0.25, 0.3) is 5.75 Å². The first-order valence-corrected chi connectivity index (χ1v) is 2.90. The van der Waals surface area contributed by atoms with E-state index in [2.05, 4.69) is 0 Å². The molecule has 1 rings (SSSR count). The second-order valence-electron chi connectivity index (χ2n) is 1.94. The van der Waals surface area contributed by atoms with E-state index in [0.29, 0.717) is 0 Å². The van der Waals surface area contributed by atoms with Crippen LogP contribution in [0.5, 0.6) is 5.75 Å². The second kappa shape index (κ2) is 3.05. The smallest absolute Gasteiger partial charge is 0.318 e. The van der Waals surface area contributed by atoms with Crippen molar-refractivity contribution in [1.82, 2.24) is 0 Å². The maximum absolute atomic E-state index is 10.4. The fourth-order valence-electron chi connectivity index (χ4n) is 0.644. The number of phenolic OH excluding ortho intramolecular Hbond substituents is 1. The van der Waals surface area contributed by atoms with Gasteiger partial charge in [0.15, 0.2) is 0 Å². The highest BCUT2D eigenvalue weighted by Gasteiger charge is 2.23. The van der Waals surface area contributed by atoms with Gasteiger partial charge in [-0.05, 0) is 6.04 Å². The number of nitro benzene ring substituents is 2. The third-order valence-electron chi connectivity index (χ3n) is 1.18. The van der Waals surface area contributed by atoms with Gasteiger partial charge in [0.05, 0.1) is 14.0 Å². The molecule has 0 aliphatic carbocycles. The van der Waals surface area contributed by atoms with Gasteiger partial charge in [-0.25, -0.2) is 0 Å². The Morgan fingerprint density at radius 2 is 1.62 bits per heavy atom. The summed E-state index contributed by atoms with van der Waals surface area (Å²) in [6, 6.07) is -3.03. The Labute approximate surface area is 75.7 Å². The van der Waals surface area contributed by atoms with Gasteiger partial charge in [-0.15, -0.1) is 0 Å². The summed E-state index contributed by atoms with van der Waals surface area (Å²) in [7, 11) is 0. The van der Waals surface area contributed by atoms with Crippen LogP contribution in [0.3, 0.4) is 0 Å². The van der Waals surface area contributed by atoms with Crippen molar-refractivity contribution >= 4 is 11.4 Å². The maximum Gasteiger partial charge on any atom is 0.318 e. The molecule has 0 saturated carbocycles. The van der Waals surface area contributed by atoms with Crippen molar-refractivity contribution in [2.24, 2.45) is 0 Å². The summed E-state index contributed by atoms with van der Waals surface area (Å²) in [6.07, 6.45) is 0. The lowest BCUT2D eigenvalue weighted by Gasteiger charge is -1.95. The van der Waals surface area contributed by atoms with Crippen molar-refractivity contribution in [3.63, 3.8) is 0 Å². The number of nitrogens with zero attached hydrogens (tertiary/aromatic N) is 2. The van der Waals surface area contributed by atoms with E-state index >= 15 is 0 Å². The first-order chi connectivity index (χ1) is 7.29. The molecule has 1 aromatic rings. The molecule has 0 amide bonds. The molecule has 1 aromatic carbocycles. The molecule has 0 aliphatic heterocycles. The largest absolute Gasteiger partial charge is 0.497 e. The molecule has 0 fully saturated rings. The van der Waals surface area contributed by atoms with E-state index in [-0.39, 0.29) is 0 Å². The third kappa shape index (κ3) is 1.53. The van der Waals surface area contributed by atoms with Gasteiger partial charge in [0.2, 0.25) is 0 Å². The molecule has 0 aromatic heterocycles. The summed E-state index contributed by atoms with van der Waals surface area (Å²) in [6.45, 7) is 0. The van der Waals surface area contributed by atoms with E-state index in [1.54, 1.807) is 0 Å². The summed E-state index contributed by atoms with van der Waals surface area (Å²) in [4.78, 5) is 18.5. The van der Waals surface area contributed by atoms with Crippen LogP contribution in [0.2, 0.25) is 0 Å². The monoisotopic (exact) mass is 187 g/mol. The van der Waals surface area contributed by atoms with Crippen LogP contribution in [0.1, 0.15) is 4.11 Å². The Bertz CT molecular complexity index is 462. The normalized spacial score (nSPS) is 12.8. The molecule has 0 aliphatic rings. The molecule has 1 N–H and O–H groups in total. The average Bonchev–Trinajstić information content (AvgIpc) is 2.13. The molecule has 0 atom stereocenters. The van der Waals surface area contributed by atoms with E-state index in [1.165, 1.54) is 0 Å². The molecule has 7 heteroatoms. The van der Waals surface area contributed by atoms with Gasteiger partial charge in [0.1, 0.15) is 0 Å². The molecular formula is C6H4N2O5. The molecule has 0 bridgehead atoms. The van der Waals surface area contributed by atoms with E-state index in [4.69, 9.17) is 4.11 Å². The fraction of sp³-hybridized carbons (Fsp3) is 0. The van der Waals surface area contributed by atoms with Gasteiger partial charge in [-0.1, -0.05) is 0 Å². The molecule has 7 nitrogen and oxygen atoms in total. The van der Waals surface area contributed by atoms with Crippen LogP contribution < -0.4 is 0 Å². The van der Waals surface area contributed by atoms with Gasteiger partial charge in [-0.2, -0.15) is 0 Å². The molecule has 0 unspecified atom stereocenters. The predicted octanol–water partition coefficient (Wildman–Crippen LogP) is 1.21. The average molecular weight is 187 g/mol. The SMILES string of the molecule is [2H]c1c([2H])c([N+](=O)[O-])c(O)c([N+](=O)[O-])c1[2H]. The summed E-state index contributed by atoms with van der Waals surface area (Å²) in [5.74, 6) is -1.37. The maximum atomic E-state index is 10.4. The van der Waals surface area contributed by atoms with E-state index in [0.717, 1.165) is 0 Å². The molecule has 0 radical (unpaired) electrons. The molecule has 0 spiro atoms. The lowest BCUT2D eigenvalue weighted by atomic mass is 10.2. The summed E-state index contributed by atoms with van der Waals surface area (Å²) in [5.41, 5.74) is -2.49. The number of hydrogen-bond donors (Lipinski definition) is 1. The van der Waals surface area contributed by atoms with Crippen LogP contribution in [0, 0.1) is 20.2 Å².